The maximum absolute atomic E-state index is 11.9. The molecule has 0 saturated heterocycles. The van der Waals surface area contributed by atoms with Gasteiger partial charge in [-0.1, -0.05) is 24.3 Å². The lowest BCUT2D eigenvalue weighted by Crippen LogP contribution is -2.23. The first-order chi connectivity index (χ1) is 9.60. The van der Waals surface area contributed by atoms with Gasteiger partial charge in [0.15, 0.2) is 0 Å². The molecule has 0 unspecified atom stereocenters. The fourth-order valence-electron chi connectivity index (χ4n) is 1.91. The Morgan fingerprint density at radius 2 is 1.85 bits per heavy atom. The zero-order chi connectivity index (χ0) is 14.5. The molecule has 20 heavy (non-hydrogen) atoms. The van der Waals surface area contributed by atoms with Crippen molar-refractivity contribution in [2.24, 2.45) is 0 Å². The van der Waals surface area contributed by atoms with Crippen LogP contribution in [0.25, 0.3) is 6.08 Å². The van der Waals surface area contributed by atoms with Gasteiger partial charge in [0.05, 0.1) is 6.54 Å². The van der Waals surface area contributed by atoms with Crippen molar-refractivity contribution in [3.8, 4) is 0 Å². The number of carbonyl (C=O) groups is 1. The minimum Gasteiger partial charge on any atom is -0.478 e. The predicted molar refractivity (Wildman–Crippen MR) is 76.6 cm³/mol. The van der Waals surface area contributed by atoms with Crippen LogP contribution in [0.5, 0.6) is 0 Å². The highest BCUT2D eigenvalue weighted by Gasteiger charge is 2.02. The van der Waals surface area contributed by atoms with E-state index in [2.05, 4.69) is 0 Å². The molecular weight excluding hydrogens is 256 g/mol. The van der Waals surface area contributed by atoms with Crippen molar-refractivity contribution < 1.29 is 9.90 Å². The summed E-state index contributed by atoms with van der Waals surface area (Å²) in [6, 6.07) is 7.43. The monoisotopic (exact) mass is 272 g/mol. The lowest BCUT2D eigenvalue weighted by molar-refractivity contribution is -0.131. The van der Waals surface area contributed by atoms with Gasteiger partial charge in [0, 0.05) is 25.0 Å². The molecule has 1 aromatic carbocycles. The Labute approximate surface area is 116 Å². The molecular formula is C15H16N2O3. The lowest BCUT2D eigenvalue weighted by atomic mass is 10.1. The number of benzene rings is 1. The van der Waals surface area contributed by atoms with E-state index in [1.165, 1.54) is 6.08 Å². The van der Waals surface area contributed by atoms with Crippen LogP contribution in [0.2, 0.25) is 0 Å². The minimum absolute atomic E-state index is 0.0256. The first-order valence-electron chi connectivity index (χ1n) is 6.35. The van der Waals surface area contributed by atoms with Crippen LogP contribution < -0.4 is 5.69 Å². The number of imidazole rings is 1. The van der Waals surface area contributed by atoms with Crippen molar-refractivity contribution in [3.05, 3.63) is 64.3 Å². The Morgan fingerprint density at radius 1 is 1.20 bits per heavy atom. The van der Waals surface area contributed by atoms with E-state index in [1.54, 1.807) is 21.5 Å². The average molecular weight is 272 g/mol. The molecule has 0 aliphatic rings. The number of nitrogens with zero attached hydrogens (tertiary/aromatic N) is 2. The van der Waals surface area contributed by atoms with Gasteiger partial charge in [-0.2, -0.15) is 0 Å². The molecule has 0 spiro atoms. The number of aliphatic carboxylic acids is 1. The van der Waals surface area contributed by atoms with Crippen molar-refractivity contribution in [2.75, 3.05) is 0 Å². The Kier molecular flexibility index (Phi) is 4.20. The van der Waals surface area contributed by atoms with Crippen LogP contribution in [0.3, 0.4) is 0 Å². The van der Waals surface area contributed by atoms with E-state index in [1.807, 2.05) is 31.2 Å². The fourth-order valence-corrected chi connectivity index (χ4v) is 1.91. The molecule has 0 saturated carbocycles. The number of carboxylic acids is 1. The summed E-state index contributed by atoms with van der Waals surface area (Å²) in [4.78, 5) is 22.3. The molecule has 104 valence electrons. The molecule has 1 heterocycles. The molecule has 0 fully saturated rings. The van der Waals surface area contributed by atoms with Gasteiger partial charge in [-0.25, -0.2) is 9.59 Å². The maximum atomic E-state index is 11.9. The summed E-state index contributed by atoms with van der Waals surface area (Å²) in [5.41, 5.74) is 1.78. The van der Waals surface area contributed by atoms with Gasteiger partial charge in [0.1, 0.15) is 0 Å². The second-order valence-corrected chi connectivity index (χ2v) is 4.41. The number of aryl methyl sites for hydroxylation is 1. The largest absolute Gasteiger partial charge is 0.478 e. The van der Waals surface area contributed by atoms with E-state index in [4.69, 9.17) is 5.11 Å². The molecule has 5 nitrogen and oxygen atoms in total. The SMILES string of the molecule is CCn1ccn(Cc2ccc(/C=C/C(=O)O)cc2)c1=O. The topological polar surface area (TPSA) is 64.2 Å². The van der Waals surface area contributed by atoms with Crippen molar-refractivity contribution in [1.29, 1.82) is 0 Å². The molecule has 1 N–H and O–H groups in total. The summed E-state index contributed by atoms with van der Waals surface area (Å²) < 4.78 is 3.29. The number of hydrogen-bond acceptors (Lipinski definition) is 2. The second-order valence-electron chi connectivity index (χ2n) is 4.41. The van der Waals surface area contributed by atoms with Crippen LogP contribution in [-0.2, 0) is 17.9 Å². The normalized spacial score (nSPS) is 11.1. The lowest BCUT2D eigenvalue weighted by Gasteiger charge is -2.02. The molecule has 1 aromatic heterocycles. The van der Waals surface area contributed by atoms with Crippen molar-refractivity contribution in [1.82, 2.24) is 9.13 Å². The van der Waals surface area contributed by atoms with Gasteiger partial charge in [0.25, 0.3) is 0 Å². The number of hydrogen-bond donors (Lipinski definition) is 1. The van der Waals surface area contributed by atoms with Gasteiger partial charge >= 0.3 is 11.7 Å². The van der Waals surface area contributed by atoms with Crippen LogP contribution >= 0.6 is 0 Å². The highest BCUT2D eigenvalue weighted by molar-refractivity contribution is 5.85. The van der Waals surface area contributed by atoms with Gasteiger partial charge in [-0.15, -0.1) is 0 Å². The van der Waals surface area contributed by atoms with Crippen LogP contribution in [0, 0.1) is 0 Å². The first kappa shape index (κ1) is 13.9. The third-order valence-electron chi connectivity index (χ3n) is 3.01. The zero-order valence-electron chi connectivity index (χ0n) is 11.2. The standard InChI is InChI=1S/C15H16N2O3/c1-2-16-9-10-17(15(16)20)11-13-5-3-12(4-6-13)7-8-14(18)19/h3-10H,2,11H2,1H3,(H,18,19)/b8-7+. The highest BCUT2D eigenvalue weighted by atomic mass is 16.4. The summed E-state index contributed by atoms with van der Waals surface area (Å²) in [5, 5.41) is 8.55. The molecule has 0 radical (unpaired) electrons. The van der Waals surface area contributed by atoms with Gasteiger partial charge in [0.2, 0.25) is 0 Å². The van der Waals surface area contributed by atoms with Crippen LogP contribution in [-0.4, -0.2) is 20.2 Å². The summed E-state index contributed by atoms with van der Waals surface area (Å²) in [5.74, 6) is -0.971. The predicted octanol–water partition coefficient (Wildman–Crippen LogP) is 1.82. The quantitative estimate of drug-likeness (QED) is 0.844. The van der Waals surface area contributed by atoms with Gasteiger partial charge in [-0.05, 0) is 24.1 Å². The summed E-state index contributed by atoms with van der Waals surface area (Å²) in [6.45, 7) is 3.09. The molecule has 0 atom stereocenters. The van der Waals surface area contributed by atoms with Gasteiger partial charge in [-0.3, -0.25) is 9.13 Å². The van der Waals surface area contributed by atoms with Crippen molar-refractivity contribution in [2.45, 2.75) is 20.0 Å². The molecule has 0 aliphatic carbocycles. The summed E-state index contributed by atoms with van der Waals surface area (Å²) in [6.07, 6.45) is 6.17. The molecule has 2 rings (SSSR count). The third-order valence-corrected chi connectivity index (χ3v) is 3.01. The summed E-state index contributed by atoms with van der Waals surface area (Å²) in [7, 11) is 0. The Balaban J connectivity index is 2.12. The smallest absolute Gasteiger partial charge is 0.328 e. The second kappa shape index (κ2) is 6.06. The van der Waals surface area contributed by atoms with Crippen LogP contribution in [0.4, 0.5) is 0 Å². The highest BCUT2D eigenvalue weighted by Crippen LogP contribution is 2.07. The molecule has 5 heteroatoms. The number of aromatic nitrogens is 2. The molecule has 2 aromatic rings. The Hall–Kier alpha value is -2.56. The number of rotatable bonds is 5. The molecule has 0 bridgehead atoms. The number of carboxylic acid groups (broad SMARTS) is 1. The Bertz CT molecular complexity index is 678. The van der Waals surface area contributed by atoms with E-state index in [9.17, 15) is 9.59 Å². The summed E-state index contributed by atoms with van der Waals surface area (Å²) >= 11 is 0. The molecule has 0 amide bonds. The maximum Gasteiger partial charge on any atom is 0.328 e. The van der Waals surface area contributed by atoms with E-state index >= 15 is 0 Å². The van der Waals surface area contributed by atoms with Crippen molar-refractivity contribution >= 4 is 12.0 Å². The van der Waals surface area contributed by atoms with Gasteiger partial charge < -0.3 is 5.11 Å². The van der Waals surface area contributed by atoms with E-state index in [-0.39, 0.29) is 5.69 Å². The minimum atomic E-state index is -0.971. The first-order valence-corrected chi connectivity index (χ1v) is 6.35. The van der Waals surface area contributed by atoms with E-state index < -0.39 is 5.97 Å². The van der Waals surface area contributed by atoms with E-state index in [0.29, 0.717) is 13.1 Å². The van der Waals surface area contributed by atoms with E-state index in [0.717, 1.165) is 17.2 Å². The van der Waals surface area contributed by atoms with Crippen molar-refractivity contribution in [3.63, 3.8) is 0 Å². The molecule has 0 aliphatic heterocycles. The zero-order valence-corrected chi connectivity index (χ0v) is 11.2. The average Bonchev–Trinajstić information content (AvgIpc) is 2.79. The Morgan fingerprint density at radius 3 is 2.40 bits per heavy atom. The fraction of sp³-hybridized carbons (Fsp3) is 0.200. The van der Waals surface area contributed by atoms with Crippen LogP contribution in [0.15, 0.2) is 47.5 Å². The third kappa shape index (κ3) is 3.26. The van der Waals surface area contributed by atoms with Crippen LogP contribution in [0.1, 0.15) is 18.1 Å².